The van der Waals surface area contributed by atoms with Crippen LogP contribution in [0.2, 0.25) is 0 Å². The van der Waals surface area contributed by atoms with E-state index in [2.05, 4.69) is 16.0 Å². The van der Waals surface area contributed by atoms with Gasteiger partial charge in [0.15, 0.2) is 0 Å². The van der Waals surface area contributed by atoms with Crippen LogP contribution in [0.5, 0.6) is 0 Å². The fourth-order valence-electron chi connectivity index (χ4n) is 1.80. The Kier molecular flexibility index (Phi) is 5.80. The van der Waals surface area contributed by atoms with Gasteiger partial charge >= 0.3 is 0 Å². The fraction of sp³-hybridized carbons (Fsp3) is 0.545. The minimum absolute atomic E-state index is 0. The van der Waals surface area contributed by atoms with E-state index in [0.717, 1.165) is 25.9 Å². The third-order valence-electron chi connectivity index (χ3n) is 2.71. The van der Waals surface area contributed by atoms with Crippen LogP contribution >= 0.6 is 23.7 Å². The van der Waals surface area contributed by atoms with Gasteiger partial charge in [-0.3, -0.25) is 4.79 Å². The molecular formula is C11H17ClN2OS. The maximum absolute atomic E-state index is 11.7. The largest absolute Gasteiger partial charge is 0.352 e. The van der Waals surface area contributed by atoms with Crippen LogP contribution < -0.4 is 10.6 Å². The molecule has 90 valence electrons. The molecule has 0 radical (unpaired) electrons. The normalized spacial score (nSPS) is 19.9. The molecule has 1 fully saturated rings. The van der Waals surface area contributed by atoms with Crippen molar-refractivity contribution >= 4 is 29.7 Å². The summed E-state index contributed by atoms with van der Waals surface area (Å²) in [5, 5.41) is 10.3. The first-order chi connectivity index (χ1) is 7.36. The number of thiophene rings is 1. The molecule has 1 aliphatic heterocycles. The van der Waals surface area contributed by atoms with E-state index in [4.69, 9.17) is 0 Å². The van der Waals surface area contributed by atoms with E-state index in [0.29, 0.717) is 6.54 Å². The molecule has 1 atom stereocenters. The van der Waals surface area contributed by atoms with E-state index in [1.165, 1.54) is 5.56 Å². The lowest BCUT2D eigenvalue weighted by Gasteiger charge is -2.21. The molecule has 0 spiro atoms. The molecule has 5 heteroatoms. The maximum Gasteiger partial charge on any atom is 0.224 e. The molecule has 0 unspecified atom stereocenters. The standard InChI is InChI=1S/C11H16N2OS.ClH/c14-11(10-2-1-4-12-7-10)13-6-9-3-5-15-8-9;/h3,5,8,10,12H,1-2,4,6-7H2,(H,13,14);1H/t10-;/m1./s1. The average molecular weight is 261 g/mol. The van der Waals surface area contributed by atoms with Gasteiger partial charge in [-0.2, -0.15) is 11.3 Å². The first-order valence-corrected chi connectivity index (χ1v) is 6.30. The molecule has 2 N–H and O–H groups in total. The third kappa shape index (κ3) is 3.77. The topological polar surface area (TPSA) is 41.1 Å². The molecule has 1 aromatic rings. The average Bonchev–Trinajstić information content (AvgIpc) is 2.80. The maximum atomic E-state index is 11.7. The first-order valence-electron chi connectivity index (χ1n) is 5.36. The third-order valence-corrected chi connectivity index (χ3v) is 3.45. The zero-order valence-electron chi connectivity index (χ0n) is 9.07. The predicted octanol–water partition coefficient (Wildman–Crippen LogP) is 1.79. The van der Waals surface area contributed by atoms with Gasteiger partial charge in [-0.15, -0.1) is 12.4 Å². The molecule has 0 aliphatic carbocycles. The molecule has 2 heterocycles. The van der Waals surface area contributed by atoms with Gasteiger partial charge in [0.2, 0.25) is 5.91 Å². The molecule has 2 rings (SSSR count). The Balaban J connectivity index is 0.00000128. The molecule has 1 amide bonds. The van der Waals surface area contributed by atoms with Gasteiger partial charge in [0, 0.05) is 13.1 Å². The smallest absolute Gasteiger partial charge is 0.224 e. The second kappa shape index (κ2) is 6.89. The summed E-state index contributed by atoms with van der Waals surface area (Å²) in [5.74, 6) is 0.353. The van der Waals surface area contributed by atoms with Crippen molar-refractivity contribution in [3.8, 4) is 0 Å². The SMILES string of the molecule is Cl.O=C(NCc1ccsc1)[C@@H]1CCCNC1. The van der Waals surface area contributed by atoms with Crippen molar-refractivity contribution in [3.63, 3.8) is 0 Å². The minimum atomic E-state index is 0. The Morgan fingerprint density at radius 3 is 3.12 bits per heavy atom. The van der Waals surface area contributed by atoms with E-state index >= 15 is 0 Å². The van der Waals surface area contributed by atoms with Crippen LogP contribution in [0.25, 0.3) is 0 Å². The van der Waals surface area contributed by atoms with Gasteiger partial charge in [-0.25, -0.2) is 0 Å². The van der Waals surface area contributed by atoms with E-state index in [1.807, 2.05) is 11.4 Å². The second-order valence-electron chi connectivity index (χ2n) is 3.89. The monoisotopic (exact) mass is 260 g/mol. The summed E-state index contributed by atoms with van der Waals surface area (Å²) in [5.41, 5.74) is 1.19. The number of hydrogen-bond donors (Lipinski definition) is 2. The van der Waals surface area contributed by atoms with Gasteiger partial charge in [0.25, 0.3) is 0 Å². The number of nitrogens with one attached hydrogen (secondary N) is 2. The Labute approximate surface area is 106 Å². The molecule has 0 saturated carbocycles. The molecule has 3 nitrogen and oxygen atoms in total. The summed E-state index contributed by atoms with van der Waals surface area (Å²) in [4.78, 5) is 11.7. The van der Waals surface area contributed by atoms with Crippen LogP contribution in [0, 0.1) is 5.92 Å². The van der Waals surface area contributed by atoms with Crippen LogP contribution in [0.4, 0.5) is 0 Å². The molecular weight excluding hydrogens is 244 g/mol. The van der Waals surface area contributed by atoms with Crippen molar-refractivity contribution in [2.45, 2.75) is 19.4 Å². The Morgan fingerprint density at radius 1 is 1.62 bits per heavy atom. The lowest BCUT2D eigenvalue weighted by molar-refractivity contribution is -0.125. The van der Waals surface area contributed by atoms with Crippen molar-refractivity contribution < 1.29 is 4.79 Å². The summed E-state index contributed by atoms with van der Waals surface area (Å²) >= 11 is 1.66. The molecule has 1 saturated heterocycles. The highest BCUT2D eigenvalue weighted by atomic mass is 35.5. The lowest BCUT2D eigenvalue weighted by Crippen LogP contribution is -2.40. The van der Waals surface area contributed by atoms with Crippen LogP contribution in [0.15, 0.2) is 16.8 Å². The lowest BCUT2D eigenvalue weighted by atomic mass is 9.99. The van der Waals surface area contributed by atoms with E-state index in [9.17, 15) is 4.79 Å². The highest BCUT2D eigenvalue weighted by Crippen LogP contribution is 2.10. The Bertz CT molecular complexity index is 310. The number of piperidine rings is 1. The predicted molar refractivity (Wildman–Crippen MR) is 69.0 cm³/mol. The number of carbonyl (C=O) groups excluding carboxylic acids is 1. The Hall–Kier alpha value is -0.580. The van der Waals surface area contributed by atoms with Gasteiger partial charge in [-0.1, -0.05) is 0 Å². The molecule has 1 aliphatic rings. The molecule has 1 aromatic heterocycles. The summed E-state index contributed by atoms with van der Waals surface area (Å²) in [7, 11) is 0. The first kappa shape index (κ1) is 13.5. The number of rotatable bonds is 3. The fourth-order valence-corrected chi connectivity index (χ4v) is 2.47. The Morgan fingerprint density at radius 2 is 2.50 bits per heavy atom. The van der Waals surface area contributed by atoms with Gasteiger partial charge < -0.3 is 10.6 Å². The molecule has 16 heavy (non-hydrogen) atoms. The highest BCUT2D eigenvalue weighted by Gasteiger charge is 2.20. The van der Waals surface area contributed by atoms with E-state index < -0.39 is 0 Å². The number of hydrogen-bond acceptors (Lipinski definition) is 3. The second-order valence-corrected chi connectivity index (χ2v) is 4.67. The van der Waals surface area contributed by atoms with Crippen molar-refractivity contribution in [2.24, 2.45) is 5.92 Å². The van der Waals surface area contributed by atoms with Crippen molar-refractivity contribution in [3.05, 3.63) is 22.4 Å². The summed E-state index contributed by atoms with van der Waals surface area (Å²) in [6, 6.07) is 2.05. The summed E-state index contributed by atoms with van der Waals surface area (Å²) in [6.45, 7) is 2.54. The van der Waals surface area contributed by atoms with Crippen molar-refractivity contribution in [1.29, 1.82) is 0 Å². The molecule has 0 bridgehead atoms. The number of halogens is 1. The van der Waals surface area contributed by atoms with Gasteiger partial charge in [0.1, 0.15) is 0 Å². The van der Waals surface area contributed by atoms with Crippen LogP contribution in [-0.4, -0.2) is 19.0 Å². The van der Waals surface area contributed by atoms with Crippen LogP contribution in [0.1, 0.15) is 18.4 Å². The van der Waals surface area contributed by atoms with Crippen LogP contribution in [0.3, 0.4) is 0 Å². The summed E-state index contributed by atoms with van der Waals surface area (Å²) in [6.07, 6.45) is 2.12. The highest BCUT2D eigenvalue weighted by molar-refractivity contribution is 7.07. The summed E-state index contributed by atoms with van der Waals surface area (Å²) < 4.78 is 0. The zero-order chi connectivity index (χ0) is 10.5. The number of amides is 1. The zero-order valence-corrected chi connectivity index (χ0v) is 10.7. The van der Waals surface area contributed by atoms with E-state index in [1.54, 1.807) is 11.3 Å². The molecule has 0 aromatic carbocycles. The van der Waals surface area contributed by atoms with Crippen LogP contribution in [-0.2, 0) is 11.3 Å². The van der Waals surface area contributed by atoms with Gasteiger partial charge in [-0.05, 0) is 41.8 Å². The van der Waals surface area contributed by atoms with E-state index in [-0.39, 0.29) is 24.2 Å². The van der Waals surface area contributed by atoms with Crippen molar-refractivity contribution in [1.82, 2.24) is 10.6 Å². The quantitative estimate of drug-likeness (QED) is 0.870. The van der Waals surface area contributed by atoms with Gasteiger partial charge in [0.05, 0.1) is 5.92 Å². The van der Waals surface area contributed by atoms with Crippen molar-refractivity contribution in [2.75, 3.05) is 13.1 Å². The minimum Gasteiger partial charge on any atom is -0.352 e. The number of carbonyl (C=O) groups is 1.